The molecule has 3 N–H and O–H groups in total. The number of nitrogens with zero attached hydrogens (tertiary/aromatic N) is 1. The van der Waals surface area contributed by atoms with E-state index in [1.807, 2.05) is 0 Å². The van der Waals surface area contributed by atoms with E-state index in [-0.39, 0.29) is 36.4 Å². The minimum Gasteiger partial charge on any atom is -0.375 e. The van der Waals surface area contributed by atoms with Crippen LogP contribution in [0.15, 0.2) is 0 Å². The van der Waals surface area contributed by atoms with E-state index in [4.69, 9.17) is 10.5 Å². The van der Waals surface area contributed by atoms with Crippen molar-refractivity contribution >= 4 is 11.8 Å². The fraction of sp³-hybridized carbons (Fsp3) is 0.867. The van der Waals surface area contributed by atoms with Gasteiger partial charge < -0.3 is 20.7 Å². The molecular formula is C15H27N3O3. The maximum Gasteiger partial charge on any atom is 0.248 e. The minimum absolute atomic E-state index is 0.00196. The van der Waals surface area contributed by atoms with Crippen molar-refractivity contribution in [2.75, 3.05) is 26.8 Å². The van der Waals surface area contributed by atoms with Crippen LogP contribution in [0.2, 0.25) is 0 Å². The highest BCUT2D eigenvalue weighted by molar-refractivity contribution is 5.80. The summed E-state index contributed by atoms with van der Waals surface area (Å²) in [4.78, 5) is 25.8. The third kappa shape index (κ3) is 4.41. The predicted molar refractivity (Wildman–Crippen MR) is 79.6 cm³/mol. The molecule has 2 atom stereocenters. The van der Waals surface area contributed by atoms with Gasteiger partial charge in [-0.1, -0.05) is 12.8 Å². The summed E-state index contributed by atoms with van der Waals surface area (Å²) in [5.41, 5.74) is 6.05. The third-order valence-corrected chi connectivity index (χ3v) is 4.62. The highest BCUT2D eigenvalue weighted by Crippen LogP contribution is 2.23. The molecule has 2 amide bonds. The molecule has 0 aromatic heterocycles. The fourth-order valence-electron chi connectivity index (χ4n) is 3.28. The molecule has 2 rings (SSSR count). The molecule has 21 heavy (non-hydrogen) atoms. The summed E-state index contributed by atoms with van der Waals surface area (Å²) in [6, 6.07) is 0.167. The lowest BCUT2D eigenvalue weighted by molar-refractivity contribution is -0.136. The van der Waals surface area contributed by atoms with Gasteiger partial charge in [-0.3, -0.25) is 9.59 Å². The average molecular weight is 297 g/mol. The van der Waals surface area contributed by atoms with Crippen LogP contribution in [0.25, 0.3) is 0 Å². The van der Waals surface area contributed by atoms with Gasteiger partial charge >= 0.3 is 0 Å². The van der Waals surface area contributed by atoms with Crippen LogP contribution in [0.4, 0.5) is 0 Å². The molecule has 1 heterocycles. The van der Waals surface area contributed by atoms with Crippen LogP contribution in [0.5, 0.6) is 0 Å². The number of carbonyl (C=O) groups is 2. The monoisotopic (exact) mass is 297 g/mol. The molecule has 6 heteroatoms. The van der Waals surface area contributed by atoms with Gasteiger partial charge in [-0.2, -0.15) is 0 Å². The van der Waals surface area contributed by atoms with Crippen LogP contribution >= 0.6 is 0 Å². The topological polar surface area (TPSA) is 84.7 Å². The van der Waals surface area contributed by atoms with Gasteiger partial charge in [0.05, 0.1) is 5.92 Å². The largest absolute Gasteiger partial charge is 0.375 e. The van der Waals surface area contributed by atoms with Crippen LogP contribution in [-0.4, -0.2) is 55.6 Å². The molecule has 0 aromatic rings. The molecule has 0 radical (unpaired) electrons. The second kappa shape index (κ2) is 7.75. The summed E-state index contributed by atoms with van der Waals surface area (Å²) in [5, 5.41) is 3.12. The zero-order chi connectivity index (χ0) is 15.2. The number of ether oxygens (including phenoxy) is 1. The molecular weight excluding hydrogens is 270 g/mol. The first kappa shape index (κ1) is 16.2. The Kier molecular flexibility index (Phi) is 5.99. The van der Waals surface area contributed by atoms with Gasteiger partial charge in [-0.05, 0) is 25.7 Å². The number of rotatable bonds is 4. The zero-order valence-corrected chi connectivity index (χ0v) is 12.8. The second-order valence-corrected chi connectivity index (χ2v) is 6.15. The Morgan fingerprint density at radius 2 is 1.86 bits per heavy atom. The molecule has 0 bridgehead atoms. The van der Waals surface area contributed by atoms with Crippen LogP contribution < -0.4 is 11.1 Å². The van der Waals surface area contributed by atoms with E-state index in [2.05, 4.69) is 5.32 Å². The van der Waals surface area contributed by atoms with Crippen molar-refractivity contribution in [3.8, 4) is 0 Å². The van der Waals surface area contributed by atoms with Crippen molar-refractivity contribution in [2.45, 2.75) is 50.6 Å². The quantitative estimate of drug-likeness (QED) is 0.779. The van der Waals surface area contributed by atoms with E-state index in [1.165, 1.54) is 7.11 Å². The van der Waals surface area contributed by atoms with Gasteiger partial charge in [-0.25, -0.2) is 0 Å². The van der Waals surface area contributed by atoms with Gasteiger partial charge in [0.25, 0.3) is 0 Å². The molecule has 1 saturated heterocycles. The number of nitrogens with one attached hydrogen (secondary N) is 1. The van der Waals surface area contributed by atoms with Crippen molar-refractivity contribution in [2.24, 2.45) is 11.7 Å². The van der Waals surface area contributed by atoms with Gasteiger partial charge in [0.1, 0.15) is 6.61 Å². The van der Waals surface area contributed by atoms with Crippen molar-refractivity contribution in [3.05, 3.63) is 0 Å². The lowest BCUT2D eigenvalue weighted by Gasteiger charge is -2.34. The van der Waals surface area contributed by atoms with Crippen molar-refractivity contribution < 1.29 is 14.3 Å². The predicted octanol–water partition coefficient (Wildman–Crippen LogP) is 0.258. The molecule has 2 aliphatic rings. The van der Waals surface area contributed by atoms with E-state index >= 15 is 0 Å². The first-order chi connectivity index (χ1) is 10.1. The Hall–Kier alpha value is -1.14. The first-order valence-corrected chi connectivity index (χ1v) is 7.94. The summed E-state index contributed by atoms with van der Waals surface area (Å²) in [7, 11) is 1.53. The standard InChI is InChI=1S/C15H27N3O3/c1-21-10-14(19)18-8-6-11(7-9-18)17-15(20)12-4-2-3-5-13(12)16/h11-13H,2-10,16H2,1H3,(H,17,20). The molecule has 0 aromatic carbocycles. The normalized spacial score (nSPS) is 27.4. The van der Waals surface area contributed by atoms with E-state index in [0.717, 1.165) is 38.5 Å². The smallest absolute Gasteiger partial charge is 0.248 e. The average Bonchev–Trinajstić information content (AvgIpc) is 2.48. The van der Waals surface area contributed by atoms with E-state index in [1.54, 1.807) is 4.90 Å². The number of carbonyl (C=O) groups excluding carboxylic acids is 2. The Labute approximate surface area is 126 Å². The zero-order valence-electron chi connectivity index (χ0n) is 12.8. The van der Waals surface area contributed by atoms with Crippen molar-refractivity contribution in [1.29, 1.82) is 0 Å². The molecule has 2 fully saturated rings. The van der Waals surface area contributed by atoms with E-state index in [0.29, 0.717) is 13.1 Å². The molecule has 1 aliphatic heterocycles. The van der Waals surface area contributed by atoms with Gasteiger partial charge in [-0.15, -0.1) is 0 Å². The number of hydrogen-bond acceptors (Lipinski definition) is 4. The number of nitrogens with two attached hydrogens (primary N) is 1. The summed E-state index contributed by atoms with van der Waals surface area (Å²) >= 11 is 0. The number of likely N-dealkylation sites (tertiary alicyclic amines) is 1. The van der Waals surface area contributed by atoms with Crippen molar-refractivity contribution in [3.63, 3.8) is 0 Å². The third-order valence-electron chi connectivity index (χ3n) is 4.62. The lowest BCUT2D eigenvalue weighted by Crippen LogP contribution is -2.51. The molecule has 6 nitrogen and oxygen atoms in total. The fourth-order valence-corrected chi connectivity index (χ4v) is 3.28. The summed E-state index contributed by atoms with van der Waals surface area (Å²) in [5.74, 6) is 0.0901. The minimum atomic E-state index is -0.0353. The summed E-state index contributed by atoms with van der Waals surface area (Å²) in [6.45, 7) is 1.50. The maximum atomic E-state index is 12.3. The van der Waals surface area contributed by atoms with Crippen LogP contribution in [-0.2, 0) is 14.3 Å². The van der Waals surface area contributed by atoms with Gasteiger partial charge in [0, 0.05) is 32.3 Å². The Balaban J connectivity index is 1.75. The van der Waals surface area contributed by atoms with Crippen molar-refractivity contribution in [1.82, 2.24) is 10.2 Å². The molecule has 0 spiro atoms. The molecule has 1 saturated carbocycles. The first-order valence-electron chi connectivity index (χ1n) is 7.94. The molecule has 120 valence electrons. The number of methoxy groups -OCH3 is 1. The van der Waals surface area contributed by atoms with E-state index in [9.17, 15) is 9.59 Å². The Morgan fingerprint density at radius 1 is 1.19 bits per heavy atom. The summed E-state index contributed by atoms with van der Waals surface area (Å²) in [6.07, 6.45) is 5.69. The summed E-state index contributed by atoms with van der Waals surface area (Å²) < 4.78 is 4.86. The van der Waals surface area contributed by atoms with Crippen LogP contribution in [0, 0.1) is 5.92 Å². The van der Waals surface area contributed by atoms with Gasteiger partial charge in [0.15, 0.2) is 0 Å². The number of hydrogen-bond donors (Lipinski definition) is 2. The van der Waals surface area contributed by atoms with Gasteiger partial charge in [0.2, 0.25) is 11.8 Å². The second-order valence-electron chi connectivity index (χ2n) is 6.15. The Morgan fingerprint density at radius 3 is 2.48 bits per heavy atom. The number of piperidine rings is 1. The van der Waals surface area contributed by atoms with E-state index < -0.39 is 0 Å². The number of amides is 2. The maximum absolute atomic E-state index is 12.3. The van der Waals surface area contributed by atoms with Crippen LogP contribution in [0.3, 0.4) is 0 Å². The molecule has 2 unspecified atom stereocenters. The highest BCUT2D eigenvalue weighted by atomic mass is 16.5. The lowest BCUT2D eigenvalue weighted by atomic mass is 9.84. The van der Waals surface area contributed by atoms with Crippen LogP contribution in [0.1, 0.15) is 38.5 Å². The Bertz CT molecular complexity index is 367. The SMILES string of the molecule is COCC(=O)N1CCC(NC(=O)C2CCCCC2N)CC1. The highest BCUT2D eigenvalue weighted by Gasteiger charge is 2.30. The molecule has 1 aliphatic carbocycles.